The van der Waals surface area contributed by atoms with Crippen LogP contribution in [0.3, 0.4) is 0 Å². The largest absolute Gasteiger partial charge is 0.447 e. The molecule has 2 nitrogen and oxygen atoms in total. The van der Waals surface area contributed by atoms with Gasteiger partial charge >= 0.3 is 0 Å². The first-order chi connectivity index (χ1) is 6.63. The zero-order chi connectivity index (χ0) is 10.6. The maximum atomic E-state index is 5.78. The Morgan fingerprint density at radius 2 is 1.93 bits per heavy atom. The highest BCUT2D eigenvalue weighted by Gasteiger charge is 2.19. The highest BCUT2D eigenvalue weighted by Crippen LogP contribution is 2.16. The summed E-state index contributed by atoms with van der Waals surface area (Å²) >= 11 is 0. The van der Waals surface area contributed by atoms with Crippen molar-refractivity contribution in [3.8, 4) is 5.75 Å². The van der Waals surface area contributed by atoms with Crippen molar-refractivity contribution in [3.05, 3.63) is 24.3 Å². The molecular weight excluding hydrogens is 194 g/mol. The van der Waals surface area contributed by atoms with Crippen molar-refractivity contribution in [2.75, 3.05) is 17.7 Å². The van der Waals surface area contributed by atoms with E-state index in [9.17, 15) is 0 Å². The quantitative estimate of drug-likeness (QED) is 0.614. The molecule has 0 bridgehead atoms. The summed E-state index contributed by atoms with van der Waals surface area (Å²) < 4.78 is 5.78. The Morgan fingerprint density at radius 1 is 1.36 bits per heavy atom. The summed E-state index contributed by atoms with van der Waals surface area (Å²) in [6.07, 6.45) is 2.22. The van der Waals surface area contributed by atoms with Gasteiger partial charge in [0.25, 0.3) is 5.44 Å². The molecule has 1 rings (SSSR count). The molecule has 3 heteroatoms. The van der Waals surface area contributed by atoms with Crippen LogP contribution in [0.25, 0.3) is 0 Å². The third-order valence-corrected chi connectivity index (χ3v) is 4.34. The predicted octanol–water partition coefficient (Wildman–Crippen LogP) is 2.26. The summed E-state index contributed by atoms with van der Waals surface area (Å²) in [7, 11) is 0.319. The second-order valence-electron chi connectivity index (χ2n) is 3.23. The average molecular weight is 212 g/mol. The molecule has 78 valence electrons. The van der Waals surface area contributed by atoms with Crippen molar-refractivity contribution >= 4 is 16.6 Å². The lowest BCUT2D eigenvalue weighted by Crippen LogP contribution is -2.24. The minimum atomic E-state index is 0.281. The van der Waals surface area contributed by atoms with Gasteiger partial charge in [0, 0.05) is 23.5 Å². The van der Waals surface area contributed by atoms with Crippen molar-refractivity contribution in [1.29, 1.82) is 0 Å². The molecule has 0 fully saturated rings. The fourth-order valence-electron chi connectivity index (χ4n) is 1.05. The Kier molecular flexibility index (Phi) is 4.14. The second kappa shape index (κ2) is 5.15. The monoisotopic (exact) mass is 212 g/mol. The van der Waals surface area contributed by atoms with Gasteiger partial charge < -0.3 is 10.5 Å². The molecule has 14 heavy (non-hydrogen) atoms. The van der Waals surface area contributed by atoms with E-state index in [1.165, 1.54) is 0 Å². The maximum absolute atomic E-state index is 5.78. The topological polar surface area (TPSA) is 35.2 Å². The van der Waals surface area contributed by atoms with Crippen LogP contribution in [-0.2, 0) is 10.9 Å². The Morgan fingerprint density at radius 3 is 2.43 bits per heavy atom. The molecule has 0 saturated carbocycles. The van der Waals surface area contributed by atoms with E-state index in [2.05, 4.69) is 20.1 Å². The summed E-state index contributed by atoms with van der Waals surface area (Å²) in [5.74, 6) is 2.07. The molecule has 0 aliphatic heterocycles. The molecule has 0 aliphatic carbocycles. The average Bonchev–Trinajstić information content (AvgIpc) is 2.20. The molecule has 0 heterocycles. The number of anilines is 1. The molecule has 2 unspecified atom stereocenters. The van der Waals surface area contributed by atoms with Crippen LogP contribution in [0.4, 0.5) is 5.69 Å². The van der Waals surface area contributed by atoms with Gasteiger partial charge in [-0.15, -0.1) is 0 Å². The number of ether oxygens (including phenoxy) is 1. The Bertz CT molecular complexity index is 273. The van der Waals surface area contributed by atoms with Gasteiger partial charge in [-0.25, -0.2) is 0 Å². The number of benzene rings is 1. The van der Waals surface area contributed by atoms with Gasteiger partial charge in [-0.3, -0.25) is 0 Å². The Labute approximate surface area is 88.8 Å². The van der Waals surface area contributed by atoms with Gasteiger partial charge in [-0.2, -0.15) is 0 Å². The highest BCUT2D eigenvalue weighted by atomic mass is 32.2. The van der Waals surface area contributed by atoms with E-state index in [4.69, 9.17) is 10.5 Å². The van der Waals surface area contributed by atoms with Crippen molar-refractivity contribution in [2.24, 2.45) is 0 Å². The third kappa shape index (κ3) is 3.14. The maximum Gasteiger partial charge on any atom is 0.253 e. The third-order valence-electron chi connectivity index (χ3n) is 2.20. The first kappa shape index (κ1) is 11.2. The number of hydrogen-bond donors (Lipinski definition) is 1. The molecule has 0 radical (unpaired) electrons. The van der Waals surface area contributed by atoms with Crippen LogP contribution in [0, 0.1) is 0 Å². The van der Waals surface area contributed by atoms with Gasteiger partial charge in [0.1, 0.15) is 17.8 Å². The smallest absolute Gasteiger partial charge is 0.253 e. The van der Waals surface area contributed by atoms with E-state index in [1.54, 1.807) is 0 Å². The Hall–Kier alpha value is -0.830. The normalized spacial score (nSPS) is 14.8. The van der Waals surface area contributed by atoms with Gasteiger partial charge in [-0.05, 0) is 31.2 Å². The summed E-state index contributed by atoms with van der Waals surface area (Å²) in [5.41, 5.74) is 6.64. The fraction of sp³-hybridized carbons (Fsp3) is 0.455. The van der Waals surface area contributed by atoms with Gasteiger partial charge in [0.05, 0.1) is 0 Å². The molecule has 0 aromatic heterocycles. The van der Waals surface area contributed by atoms with Crippen molar-refractivity contribution in [2.45, 2.75) is 19.3 Å². The Balaban J connectivity index is 2.56. The predicted molar refractivity (Wildman–Crippen MR) is 64.8 cm³/mol. The van der Waals surface area contributed by atoms with E-state index in [1.807, 2.05) is 24.3 Å². The first-order valence-electron chi connectivity index (χ1n) is 4.77. The number of rotatable bonds is 4. The van der Waals surface area contributed by atoms with Crippen LogP contribution >= 0.6 is 0 Å². The number of nitrogens with two attached hydrogens (primary N) is 1. The molecule has 2 N–H and O–H groups in total. The zero-order valence-corrected chi connectivity index (χ0v) is 9.80. The lowest BCUT2D eigenvalue weighted by atomic mass is 10.3. The summed E-state index contributed by atoms with van der Waals surface area (Å²) in [6, 6.07) is 7.56. The van der Waals surface area contributed by atoms with Crippen LogP contribution in [0.1, 0.15) is 13.8 Å². The van der Waals surface area contributed by atoms with Crippen LogP contribution in [-0.4, -0.2) is 17.4 Å². The molecule has 0 amide bonds. The minimum Gasteiger partial charge on any atom is -0.447 e. The highest BCUT2D eigenvalue weighted by molar-refractivity contribution is 7.96. The molecule has 0 saturated heterocycles. The molecule has 1 aromatic carbocycles. The molecule has 2 atom stereocenters. The SMILES string of the molecule is CC[S+](C)C(C)Oc1ccc(N)cc1. The van der Waals surface area contributed by atoms with Crippen molar-refractivity contribution in [3.63, 3.8) is 0 Å². The molecule has 0 aliphatic rings. The lowest BCUT2D eigenvalue weighted by Gasteiger charge is -2.13. The van der Waals surface area contributed by atoms with Crippen molar-refractivity contribution in [1.82, 2.24) is 0 Å². The second-order valence-corrected chi connectivity index (χ2v) is 5.86. The first-order valence-corrected chi connectivity index (χ1v) is 6.63. The van der Waals surface area contributed by atoms with E-state index in [0.717, 1.165) is 17.2 Å². The molecule has 0 spiro atoms. The lowest BCUT2D eigenvalue weighted by molar-refractivity contribution is 0.305. The summed E-state index contributed by atoms with van der Waals surface area (Å²) in [6.45, 7) is 4.30. The number of nitrogen functional groups attached to an aromatic ring is 1. The molecule has 1 aromatic rings. The van der Waals surface area contributed by atoms with E-state index in [-0.39, 0.29) is 5.44 Å². The van der Waals surface area contributed by atoms with E-state index in [0.29, 0.717) is 10.9 Å². The van der Waals surface area contributed by atoms with Gasteiger partial charge in [-0.1, -0.05) is 0 Å². The fourth-order valence-corrected chi connectivity index (χ4v) is 1.80. The zero-order valence-electron chi connectivity index (χ0n) is 8.99. The summed E-state index contributed by atoms with van der Waals surface area (Å²) in [5, 5.41) is 0. The molecular formula is C11H18NOS+. The minimum absolute atomic E-state index is 0.281. The van der Waals surface area contributed by atoms with E-state index < -0.39 is 0 Å². The summed E-state index contributed by atoms with van der Waals surface area (Å²) in [4.78, 5) is 0. The van der Waals surface area contributed by atoms with Gasteiger partial charge in [0.15, 0.2) is 0 Å². The van der Waals surface area contributed by atoms with Gasteiger partial charge in [0.2, 0.25) is 0 Å². The van der Waals surface area contributed by atoms with Crippen LogP contribution in [0.15, 0.2) is 24.3 Å². The van der Waals surface area contributed by atoms with Crippen LogP contribution in [0.5, 0.6) is 5.75 Å². The van der Waals surface area contributed by atoms with Crippen LogP contribution in [0.2, 0.25) is 0 Å². The number of hydrogen-bond acceptors (Lipinski definition) is 2. The van der Waals surface area contributed by atoms with E-state index >= 15 is 0 Å². The standard InChI is InChI=1S/C11H18NOS/c1-4-14(3)9(2)13-11-7-5-10(12)6-8-11/h5-9H,4,12H2,1-3H3/q+1. The van der Waals surface area contributed by atoms with Crippen molar-refractivity contribution < 1.29 is 4.74 Å². The van der Waals surface area contributed by atoms with Crippen LogP contribution < -0.4 is 10.5 Å².